The molecule has 0 saturated carbocycles. The second-order valence-electron chi connectivity index (χ2n) is 12.5. The molecule has 204 valence electrons. The average Bonchev–Trinajstić information content (AvgIpc) is 3.37. The maximum atomic E-state index is 14.5. The molecule has 8 heteroatoms. The molecule has 2 bridgehead atoms. The monoisotopic (exact) mass is 506 g/mol. The van der Waals surface area contributed by atoms with Gasteiger partial charge in [-0.2, -0.15) is 0 Å². The van der Waals surface area contributed by atoms with Crippen molar-refractivity contribution in [2.24, 2.45) is 17.3 Å². The number of aliphatic hydroxyl groups excluding tert-OH is 1. The van der Waals surface area contributed by atoms with Crippen LogP contribution in [0.2, 0.25) is 0 Å². The van der Waals surface area contributed by atoms with Crippen molar-refractivity contribution >= 4 is 17.8 Å². The van der Waals surface area contributed by atoms with Gasteiger partial charge in [0.05, 0.1) is 18.1 Å². The van der Waals surface area contributed by atoms with Crippen molar-refractivity contribution in [1.82, 2.24) is 9.80 Å². The first kappa shape index (κ1) is 28.6. The van der Waals surface area contributed by atoms with Crippen LogP contribution in [-0.4, -0.2) is 81.8 Å². The van der Waals surface area contributed by atoms with Gasteiger partial charge in [-0.3, -0.25) is 14.4 Å². The second kappa shape index (κ2) is 10.1. The van der Waals surface area contributed by atoms with Crippen LogP contribution in [-0.2, 0) is 23.9 Å². The number of hydrogen-bond donors (Lipinski definition) is 1. The zero-order valence-electron chi connectivity index (χ0n) is 23.3. The van der Waals surface area contributed by atoms with Crippen LogP contribution in [0.15, 0.2) is 12.7 Å². The van der Waals surface area contributed by atoms with Gasteiger partial charge in [-0.25, -0.2) is 0 Å². The van der Waals surface area contributed by atoms with Crippen molar-refractivity contribution in [3.63, 3.8) is 0 Å². The van der Waals surface area contributed by atoms with Gasteiger partial charge >= 0.3 is 5.97 Å². The van der Waals surface area contributed by atoms with E-state index >= 15 is 0 Å². The number of fused-ring (bicyclic) bond motifs is 1. The number of carbonyl (C=O) groups excluding carboxylic acids is 3. The molecule has 3 heterocycles. The number of aliphatic hydroxyl groups is 1. The van der Waals surface area contributed by atoms with Gasteiger partial charge in [0.1, 0.15) is 17.6 Å². The van der Waals surface area contributed by atoms with E-state index in [1.165, 1.54) is 0 Å². The van der Waals surface area contributed by atoms with E-state index in [2.05, 4.69) is 27.4 Å². The van der Waals surface area contributed by atoms with Crippen molar-refractivity contribution in [1.29, 1.82) is 0 Å². The molecule has 1 spiro atoms. The third-order valence-corrected chi connectivity index (χ3v) is 8.28. The van der Waals surface area contributed by atoms with Gasteiger partial charge in [0.25, 0.3) is 0 Å². The highest BCUT2D eigenvalue weighted by Crippen LogP contribution is 2.64. The average molecular weight is 507 g/mol. The molecule has 3 aliphatic rings. The molecular formula is C28H46N2O6. The minimum absolute atomic E-state index is 0.0321. The number of likely N-dealkylation sites (tertiary alicyclic amines) is 1. The molecule has 3 saturated heterocycles. The molecule has 2 unspecified atom stereocenters. The molecule has 5 atom stereocenters. The van der Waals surface area contributed by atoms with E-state index in [1.807, 2.05) is 25.7 Å². The number of esters is 1. The second-order valence-corrected chi connectivity index (χ2v) is 12.5. The lowest BCUT2D eigenvalue weighted by molar-refractivity contribution is -0.162. The van der Waals surface area contributed by atoms with Crippen molar-refractivity contribution in [2.75, 3.05) is 26.3 Å². The molecule has 8 nitrogen and oxygen atoms in total. The summed E-state index contributed by atoms with van der Waals surface area (Å²) in [5.74, 6) is -2.37. The van der Waals surface area contributed by atoms with E-state index in [1.54, 1.807) is 17.9 Å². The SMILES string of the molecule is C=CCN(C(=O)C1N(CCCO)C(=O)[C@@H]2[C@@H](C(=O)OCC)[C@@]3(CC)CCC12O3)C(C)(C)CC(C)(C)C. The van der Waals surface area contributed by atoms with E-state index in [9.17, 15) is 19.5 Å². The maximum absolute atomic E-state index is 14.5. The number of hydrogen-bond acceptors (Lipinski definition) is 6. The van der Waals surface area contributed by atoms with Crippen LogP contribution in [0.3, 0.4) is 0 Å². The van der Waals surface area contributed by atoms with Crippen LogP contribution >= 0.6 is 0 Å². The van der Waals surface area contributed by atoms with Crippen molar-refractivity contribution in [2.45, 2.75) is 103 Å². The largest absolute Gasteiger partial charge is 0.466 e. The fourth-order valence-electron chi connectivity index (χ4n) is 7.37. The summed E-state index contributed by atoms with van der Waals surface area (Å²) in [6.45, 7) is 18.8. The summed E-state index contributed by atoms with van der Waals surface area (Å²) in [6.07, 6.45) is 4.49. The van der Waals surface area contributed by atoms with Crippen molar-refractivity contribution in [3.05, 3.63) is 12.7 Å². The number of ether oxygens (including phenoxy) is 2. The molecule has 3 rings (SSSR count). The first-order chi connectivity index (χ1) is 16.7. The number of rotatable bonds is 11. The summed E-state index contributed by atoms with van der Waals surface area (Å²) < 4.78 is 12.2. The van der Waals surface area contributed by atoms with Crippen molar-refractivity contribution < 1.29 is 29.0 Å². The first-order valence-electron chi connectivity index (χ1n) is 13.5. The maximum Gasteiger partial charge on any atom is 0.312 e. The fourth-order valence-corrected chi connectivity index (χ4v) is 7.37. The minimum Gasteiger partial charge on any atom is -0.466 e. The number of amides is 2. The third-order valence-electron chi connectivity index (χ3n) is 8.28. The van der Waals surface area contributed by atoms with E-state index in [-0.39, 0.29) is 37.0 Å². The molecule has 0 aromatic carbocycles. The molecule has 0 radical (unpaired) electrons. The quantitative estimate of drug-likeness (QED) is 0.341. The normalized spacial score (nSPS) is 31.5. The van der Waals surface area contributed by atoms with Gasteiger partial charge in [-0.1, -0.05) is 33.8 Å². The lowest BCUT2D eigenvalue weighted by atomic mass is 9.65. The predicted molar refractivity (Wildman–Crippen MR) is 137 cm³/mol. The zero-order chi connectivity index (χ0) is 27.1. The molecule has 2 amide bonds. The van der Waals surface area contributed by atoms with E-state index < -0.39 is 40.6 Å². The summed E-state index contributed by atoms with van der Waals surface area (Å²) >= 11 is 0. The Morgan fingerprint density at radius 2 is 1.92 bits per heavy atom. The molecular weight excluding hydrogens is 460 g/mol. The van der Waals surface area contributed by atoms with Gasteiger partial charge in [-0.15, -0.1) is 6.58 Å². The van der Waals surface area contributed by atoms with Crippen LogP contribution in [0.1, 0.15) is 80.6 Å². The molecule has 3 aliphatic heterocycles. The minimum atomic E-state index is -1.09. The van der Waals surface area contributed by atoms with Crippen molar-refractivity contribution in [3.8, 4) is 0 Å². The number of nitrogens with zero attached hydrogens (tertiary/aromatic N) is 2. The van der Waals surface area contributed by atoms with Gasteiger partial charge in [0.15, 0.2) is 0 Å². The fraction of sp³-hybridized carbons (Fsp3) is 0.821. The Labute approximate surface area is 216 Å². The Hall–Kier alpha value is -1.93. The van der Waals surface area contributed by atoms with Crippen LogP contribution in [0.4, 0.5) is 0 Å². The van der Waals surface area contributed by atoms with Gasteiger partial charge in [0, 0.05) is 25.2 Å². The van der Waals surface area contributed by atoms with Crippen LogP contribution < -0.4 is 0 Å². The predicted octanol–water partition coefficient (Wildman–Crippen LogP) is 3.32. The highest BCUT2D eigenvalue weighted by atomic mass is 16.6. The van der Waals surface area contributed by atoms with Crippen LogP contribution in [0.25, 0.3) is 0 Å². The topological polar surface area (TPSA) is 96.4 Å². The molecule has 1 N–H and O–H groups in total. The Morgan fingerprint density at radius 1 is 1.25 bits per heavy atom. The molecule has 36 heavy (non-hydrogen) atoms. The summed E-state index contributed by atoms with van der Waals surface area (Å²) in [5.41, 5.74) is -2.44. The Kier molecular flexibility index (Phi) is 8.02. The van der Waals surface area contributed by atoms with Gasteiger partial charge in [-0.05, 0) is 58.3 Å². The zero-order valence-corrected chi connectivity index (χ0v) is 23.3. The molecule has 0 aliphatic carbocycles. The van der Waals surface area contributed by atoms with E-state index in [4.69, 9.17) is 9.47 Å². The van der Waals surface area contributed by atoms with Crippen LogP contribution in [0.5, 0.6) is 0 Å². The molecule has 3 fully saturated rings. The molecule has 0 aromatic heterocycles. The summed E-state index contributed by atoms with van der Waals surface area (Å²) in [4.78, 5) is 45.1. The molecule has 0 aromatic rings. The lowest BCUT2D eigenvalue weighted by Crippen LogP contribution is -2.61. The highest BCUT2D eigenvalue weighted by Gasteiger charge is 2.79. The summed E-state index contributed by atoms with van der Waals surface area (Å²) in [5, 5.41) is 9.56. The van der Waals surface area contributed by atoms with E-state index in [0.717, 1.165) is 6.42 Å². The highest BCUT2D eigenvalue weighted by molar-refractivity contribution is 5.98. The standard InChI is InChI=1S/C28H46N2O6/c1-9-15-30(26(7,8)18-25(4,5)6)23(33)21-28-14-13-27(10-2,36-28)20(24(34)35-11-3)19(28)22(32)29(21)16-12-17-31/h9,19-21,31H,1,10-18H2,2-8H3/t19-,20-,21?,27+,28?/m0/s1. The Balaban J connectivity index is 2.12. The van der Waals surface area contributed by atoms with Gasteiger partial charge in [0.2, 0.25) is 11.8 Å². The van der Waals surface area contributed by atoms with E-state index in [0.29, 0.717) is 32.2 Å². The van der Waals surface area contributed by atoms with Gasteiger partial charge < -0.3 is 24.4 Å². The third kappa shape index (κ3) is 4.60. The Bertz CT molecular complexity index is 880. The first-order valence-corrected chi connectivity index (χ1v) is 13.5. The van der Waals surface area contributed by atoms with Crippen LogP contribution in [0, 0.1) is 17.3 Å². The Morgan fingerprint density at radius 3 is 2.44 bits per heavy atom. The summed E-state index contributed by atoms with van der Waals surface area (Å²) in [7, 11) is 0. The smallest absolute Gasteiger partial charge is 0.312 e. The summed E-state index contributed by atoms with van der Waals surface area (Å²) in [6, 6.07) is -0.867. The number of carbonyl (C=O) groups is 3. The lowest BCUT2D eigenvalue weighted by Gasteiger charge is -2.45.